The first-order valence-electron chi connectivity index (χ1n) is 8.26. The van der Waals surface area contributed by atoms with Gasteiger partial charge in [0.25, 0.3) is 0 Å². The molecule has 0 radical (unpaired) electrons. The first-order valence-corrected chi connectivity index (χ1v) is 8.26. The number of aryl methyl sites for hydroxylation is 1. The zero-order valence-corrected chi connectivity index (χ0v) is 13.4. The summed E-state index contributed by atoms with van der Waals surface area (Å²) in [7, 11) is 0. The molecule has 6 nitrogen and oxygen atoms in total. The van der Waals surface area contributed by atoms with Gasteiger partial charge in [-0.3, -0.25) is 4.79 Å². The third kappa shape index (κ3) is 2.62. The number of amides is 1. The van der Waals surface area contributed by atoms with Crippen LogP contribution < -0.4 is 9.47 Å². The van der Waals surface area contributed by atoms with Crippen LogP contribution in [0.4, 0.5) is 0 Å². The summed E-state index contributed by atoms with van der Waals surface area (Å²) < 4.78 is 13.2. The number of fused-ring (bicyclic) bond motifs is 2. The molecule has 3 heterocycles. The molecule has 0 bridgehead atoms. The van der Waals surface area contributed by atoms with Gasteiger partial charge in [-0.25, -0.2) is 4.98 Å². The van der Waals surface area contributed by atoms with E-state index in [0.717, 1.165) is 54.3 Å². The molecule has 0 saturated carbocycles. The maximum Gasteiger partial charge on any atom is 0.242 e. The minimum Gasteiger partial charge on any atom is -0.486 e. The van der Waals surface area contributed by atoms with Crippen molar-refractivity contribution in [1.29, 1.82) is 0 Å². The quantitative estimate of drug-likeness (QED) is 0.852. The third-order valence-electron chi connectivity index (χ3n) is 4.61. The van der Waals surface area contributed by atoms with Crippen LogP contribution in [-0.4, -0.2) is 46.7 Å². The Balaban J connectivity index is 1.66. The van der Waals surface area contributed by atoms with Gasteiger partial charge in [-0.2, -0.15) is 0 Å². The first kappa shape index (κ1) is 14.4. The summed E-state index contributed by atoms with van der Waals surface area (Å²) in [6, 6.07) is 3.84. The highest BCUT2D eigenvalue weighted by atomic mass is 16.6. The highest BCUT2D eigenvalue weighted by molar-refractivity contribution is 5.83. The molecule has 0 aliphatic carbocycles. The number of ether oxygens (including phenoxy) is 2. The summed E-state index contributed by atoms with van der Waals surface area (Å²) in [4.78, 5) is 19.1. The number of rotatable bonds is 2. The zero-order chi connectivity index (χ0) is 15.8. The van der Waals surface area contributed by atoms with Crippen molar-refractivity contribution in [2.75, 3.05) is 26.3 Å². The molecule has 23 heavy (non-hydrogen) atoms. The number of aromatic nitrogens is 2. The van der Waals surface area contributed by atoms with Crippen LogP contribution in [0, 0.1) is 6.92 Å². The molecule has 0 atom stereocenters. The predicted octanol–water partition coefficient (Wildman–Crippen LogP) is 2.13. The number of nitrogens with zero attached hydrogens (tertiary/aromatic N) is 3. The summed E-state index contributed by atoms with van der Waals surface area (Å²) >= 11 is 0. The average Bonchev–Trinajstić information content (AvgIpc) is 2.88. The number of imidazole rings is 1. The standard InChI is InChI=1S/C17H21N3O3/c1-12-18-13-9-15-16(23-8-7-22-15)10-14(13)20(12)11-17(21)19-5-3-2-4-6-19/h9-10H,2-8,11H2,1H3. The SMILES string of the molecule is Cc1nc2cc3c(cc2n1CC(=O)N1CCCCC1)OCCO3. The summed E-state index contributed by atoms with van der Waals surface area (Å²) in [6.45, 7) is 5.13. The zero-order valence-electron chi connectivity index (χ0n) is 13.4. The van der Waals surface area contributed by atoms with E-state index < -0.39 is 0 Å². The molecule has 1 fully saturated rings. The molecule has 122 valence electrons. The van der Waals surface area contributed by atoms with Gasteiger partial charge in [-0.15, -0.1) is 0 Å². The Bertz CT molecular complexity index is 747. The van der Waals surface area contributed by atoms with E-state index in [1.165, 1.54) is 6.42 Å². The van der Waals surface area contributed by atoms with Crippen molar-refractivity contribution < 1.29 is 14.3 Å². The van der Waals surface area contributed by atoms with Gasteiger partial charge in [0.2, 0.25) is 5.91 Å². The van der Waals surface area contributed by atoms with Gasteiger partial charge in [0.05, 0.1) is 11.0 Å². The summed E-state index contributed by atoms with van der Waals surface area (Å²) in [5, 5.41) is 0. The van der Waals surface area contributed by atoms with Crippen LogP contribution in [0.2, 0.25) is 0 Å². The van der Waals surface area contributed by atoms with Crippen molar-refractivity contribution in [3.63, 3.8) is 0 Å². The summed E-state index contributed by atoms with van der Waals surface area (Å²) in [5.74, 6) is 2.47. The van der Waals surface area contributed by atoms with Crippen LogP contribution in [-0.2, 0) is 11.3 Å². The van der Waals surface area contributed by atoms with E-state index >= 15 is 0 Å². The molecular weight excluding hydrogens is 294 g/mol. The Labute approximate surface area is 135 Å². The highest BCUT2D eigenvalue weighted by Crippen LogP contribution is 2.34. The third-order valence-corrected chi connectivity index (χ3v) is 4.61. The predicted molar refractivity (Wildman–Crippen MR) is 85.9 cm³/mol. The van der Waals surface area contributed by atoms with Crippen molar-refractivity contribution in [2.24, 2.45) is 0 Å². The molecule has 1 amide bonds. The Morgan fingerprint density at radius 1 is 1.13 bits per heavy atom. The smallest absolute Gasteiger partial charge is 0.242 e. The van der Waals surface area contributed by atoms with Crippen LogP contribution in [0.3, 0.4) is 0 Å². The van der Waals surface area contributed by atoms with Gasteiger partial charge in [0, 0.05) is 25.2 Å². The number of piperidine rings is 1. The molecule has 1 saturated heterocycles. The highest BCUT2D eigenvalue weighted by Gasteiger charge is 2.21. The Morgan fingerprint density at radius 3 is 2.57 bits per heavy atom. The minimum atomic E-state index is 0.169. The van der Waals surface area contributed by atoms with Crippen molar-refractivity contribution in [3.05, 3.63) is 18.0 Å². The van der Waals surface area contributed by atoms with E-state index in [-0.39, 0.29) is 5.91 Å². The molecule has 0 spiro atoms. The molecule has 1 aromatic carbocycles. The van der Waals surface area contributed by atoms with Crippen LogP contribution >= 0.6 is 0 Å². The van der Waals surface area contributed by atoms with Crippen LogP contribution in [0.15, 0.2) is 12.1 Å². The van der Waals surface area contributed by atoms with Crippen LogP contribution in [0.1, 0.15) is 25.1 Å². The second-order valence-corrected chi connectivity index (χ2v) is 6.17. The van der Waals surface area contributed by atoms with Gasteiger partial charge in [-0.05, 0) is 26.2 Å². The number of carbonyl (C=O) groups is 1. The second-order valence-electron chi connectivity index (χ2n) is 6.17. The molecule has 6 heteroatoms. The molecule has 2 aromatic rings. The molecule has 2 aliphatic rings. The number of benzene rings is 1. The summed E-state index contributed by atoms with van der Waals surface area (Å²) in [5.41, 5.74) is 1.77. The monoisotopic (exact) mass is 315 g/mol. The molecule has 0 N–H and O–H groups in total. The van der Waals surface area contributed by atoms with Gasteiger partial charge in [0.1, 0.15) is 25.6 Å². The minimum absolute atomic E-state index is 0.169. The van der Waals surface area contributed by atoms with Crippen molar-refractivity contribution in [1.82, 2.24) is 14.5 Å². The molecule has 1 aromatic heterocycles. The number of likely N-dealkylation sites (tertiary alicyclic amines) is 1. The Hall–Kier alpha value is -2.24. The fourth-order valence-corrected chi connectivity index (χ4v) is 3.36. The van der Waals surface area contributed by atoms with E-state index in [4.69, 9.17) is 9.47 Å². The van der Waals surface area contributed by atoms with E-state index in [2.05, 4.69) is 4.98 Å². The summed E-state index contributed by atoms with van der Waals surface area (Å²) in [6.07, 6.45) is 3.43. The molecular formula is C17H21N3O3. The number of carbonyl (C=O) groups excluding carboxylic acids is 1. The second kappa shape index (κ2) is 5.76. The van der Waals surface area contributed by atoms with E-state index in [1.54, 1.807) is 0 Å². The van der Waals surface area contributed by atoms with Gasteiger partial charge < -0.3 is 18.9 Å². The molecule has 0 unspecified atom stereocenters. The number of hydrogen-bond donors (Lipinski definition) is 0. The van der Waals surface area contributed by atoms with Crippen molar-refractivity contribution in [2.45, 2.75) is 32.7 Å². The lowest BCUT2D eigenvalue weighted by atomic mass is 10.1. The molecule has 2 aliphatic heterocycles. The van der Waals surface area contributed by atoms with Gasteiger partial charge >= 0.3 is 0 Å². The van der Waals surface area contributed by atoms with Crippen molar-refractivity contribution in [3.8, 4) is 11.5 Å². The van der Waals surface area contributed by atoms with Gasteiger partial charge in [0.15, 0.2) is 11.5 Å². The van der Waals surface area contributed by atoms with E-state index in [0.29, 0.717) is 19.8 Å². The molecule has 4 rings (SSSR count). The average molecular weight is 315 g/mol. The Kier molecular flexibility index (Phi) is 3.59. The van der Waals surface area contributed by atoms with E-state index in [9.17, 15) is 4.79 Å². The fourth-order valence-electron chi connectivity index (χ4n) is 3.36. The maximum atomic E-state index is 12.6. The first-order chi connectivity index (χ1) is 11.2. The van der Waals surface area contributed by atoms with Gasteiger partial charge in [-0.1, -0.05) is 0 Å². The van der Waals surface area contributed by atoms with E-state index in [1.807, 2.05) is 28.5 Å². The maximum absolute atomic E-state index is 12.6. The number of hydrogen-bond acceptors (Lipinski definition) is 4. The van der Waals surface area contributed by atoms with Crippen LogP contribution in [0.5, 0.6) is 11.5 Å². The fraction of sp³-hybridized carbons (Fsp3) is 0.529. The lowest BCUT2D eigenvalue weighted by Crippen LogP contribution is -2.37. The largest absolute Gasteiger partial charge is 0.486 e. The lowest BCUT2D eigenvalue weighted by Gasteiger charge is -2.27. The topological polar surface area (TPSA) is 56.6 Å². The normalized spacial score (nSPS) is 17.5. The lowest BCUT2D eigenvalue weighted by molar-refractivity contribution is -0.132. The van der Waals surface area contributed by atoms with Crippen molar-refractivity contribution >= 4 is 16.9 Å². The Morgan fingerprint density at radius 2 is 1.83 bits per heavy atom. The van der Waals surface area contributed by atoms with Crippen LogP contribution in [0.25, 0.3) is 11.0 Å².